The number of imidazole rings is 1. The smallest absolute Gasteiger partial charge is 0.387 e. The predicted octanol–water partition coefficient (Wildman–Crippen LogP) is 3.34. The van der Waals surface area contributed by atoms with Gasteiger partial charge in [0.05, 0.1) is 35.4 Å². The number of aryl methyl sites for hydroxylation is 1. The quantitative estimate of drug-likeness (QED) is 0.600. The molecule has 7 nitrogen and oxygen atoms in total. The molecule has 1 atom stereocenters. The highest BCUT2D eigenvalue weighted by Gasteiger charge is 2.32. The van der Waals surface area contributed by atoms with Crippen LogP contribution < -0.4 is 11.0 Å². The van der Waals surface area contributed by atoms with Crippen molar-refractivity contribution in [3.8, 4) is 0 Å². The van der Waals surface area contributed by atoms with Gasteiger partial charge in [0.25, 0.3) is 0 Å². The van der Waals surface area contributed by atoms with Crippen LogP contribution in [0.1, 0.15) is 30.0 Å². The van der Waals surface area contributed by atoms with Crippen LogP contribution in [0.5, 0.6) is 0 Å². The molecular formula is C22H23F4N5O2. The molecule has 11 heteroatoms. The molecule has 1 aromatic carbocycles. The van der Waals surface area contributed by atoms with Crippen LogP contribution in [0.3, 0.4) is 0 Å². The molecule has 0 aliphatic carbocycles. The summed E-state index contributed by atoms with van der Waals surface area (Å²) in [4.78, 5) is 31.7. The molecule has 1 aliphatic rings. The number of aromatic nitrogens is 3. The highest BCUT2D eigenvalue weighted by Crippen LogP contribution is 2.31. The zero-order valence-electron chi connectivity index (χ0n) is 18.1. The van der Waals surface area contributed by atoms with Gasteiger partial charge in [0.15, 0.2) is 5.65 Å². The van der Waals surface area contributed by atoms with Crippen LogP contribution >= 0.6 is 0 Å². The summed E-state index contributed by atoms with van der Waals surface area (Å²) >= 11 is 0. The molecule has 3 heterocycles. The molecule has 4 rings (SSSR count). The van der Waals surface area contributed by atoms with Crippen molar-refractivity contribution in [1.82, 2.24) is 19.0 Å². The van der Waals surface area contributed by atoms with E-state index in [9.17, 15) is 27.2 Å². The van der Waals surface area contributed by atoms with Crippen LogP contribution in [0.4, 0.5) is 23.2 Å². The van der Waals surface area contributed by atoms with E-state index < -0.39 is 23.5 Å². The Kier molecular flexibility index (Phi) is 5.89. The van der Waals surface area contributed by atoms with E-state index in [-0.39, 0.29) is 30.3 Å². The van der Waals surface area contributed by atoms with Crippen molar-refractivity contribution in [2.24, 2.45) is 7.05 Å². The van der Waals surface area contributed by atoms with Crippen molar-refractivity contribution in [1.29, 1.82) is 0 Å². The number of hydrogen-bond donors (Lipinski definition) is 1. The zero-order valence-corrected chi connectivity index (χ0v) is 18.1. The van der Waals surface area contributed by atoms with Crippen LogP contribution in [-0.2, 0) is 24.4 Å². The molecule has 1 N–H and O–H groups in total. The molecule has 2 aromatic heterocycles. The first-order chi connectivity index (χ1) is 15.6. The van der Waals surface area contributed by atoms with Gasteiger partial charge in [0.2, 0.25) is 5.91 Å². The Bertz CT molecular complexity index is 1260. The molecule has 0 bridgehead atoms. The number of halogens is 4. The average Bonchev–Trinajstić information content (AvgIpc) is 3.02. The lowest BCUT2D eigenvalue weighted by Gasteiger charge is -2.33. The summed E-state index contributed by atoms with van der Waals surface area (Å²) in [5.74, 6) is -1.46. The number of nitrogens with one attached hydrogen (secondary N) is 1. The van der Waals surface area contributed by atoms with Gasteiger partial charge < -0.3 is 10.2 Å². The van der Waals surface area contributed by atoms with Crippen LogP contribution in [0.2, 0.25) is 0 Å². The van der Waals surface area contributed by atoms with Gasteiger partial charge in [-0.2, -0.15) is 13.2 Å². The van der Waals surface area contributed by atoms with Gasteiger partial charge >= 0.3 is 11.9 Å². The highest BCUT2D eigenvalue weighted by molar-refractivity contribution is 5.79. The maximum absolute atomic E-state index is 13.7. The third kappa shape index (κ3) is 4.44. The van der Waals surface area contributed by atoms with Crippen molar-refractivity contribution in [2.45, 2.75) is 31.5 Å². The summed E-state index contributed by atoms with van der Waals surface area (Å²) in [7, 11) is 3.37. The molecular weight excluding hydrogens is 442 g/mol. The highest BCUT2D eigenvalue weighted by atomic mass is 19.4. The number of hydrogen-bond acceptors (Lipinski definition) is 4. The minimum absolute atomic E-state index is 0.0420. The number of pyridine rings is 1. The van der Waals surface area contributed by atoms with Gasteiger partial charge in [-0.15, -0.1) is 0 Å². The Morgan fingerprint density at radius 2 is 2.00 bits per heavy atom. The summed E-state index contributed by atoms with van der Waals surface area (Å²) in [6.45, 7) is 0.638. The number of amides is 1. The Labute approximate surface area is 186 Å². The van der Waals surface area contributed by atoms with Crippen molar-refractivity contribution in [3.05, 3.63) is 57.9 Å². The van der Waals surface area contributed by atoms with Crippen molar-refractivity contribution < 1.29 is 22.4 Å². The van der Waals surface area contributed by atoms with E-state index in [0.717, 1.165) is 17.8 Å². The largest absolute Gasteiger partial charge is 0.416 e. The molecule has 0 radical (unpaired) electrons. The number of anilines is 1. The fraction of sp³-hybridized carbons (Fsp3) is 0.409. The second-order valence-corrected chi connectivity index (χ2v) is 8.19. The van der Waals surface area contributed by atoms with Gasteiger partial charge in [-0.25, -0.2) is 14.2 Å². The lowest BCUT2D eigenvalue weighted by molar-refractivity contribution is -0.138. The molecule has 1 aliphatic heterocycles. The van der Waals surface area contributed by atoms with E-state index in [1.54, 1.807) is 24.9 Å². The number of nitrogens with zero attached hydrogens (tertiary/aromatic N) is 4. The fourth-order valence-corrected chi connectivity index (χ4v) is 4.32. The van der Waals surface area contributed by atoms with E-state index in [2.05, 4.69) is 10.3 Å². The number of carbonyl (C=O) groups excluding carboxylic acids is 1. The minimum Gasteiger partial charge on any atom is -0.387 e. The Morgan fingerprint density at radius 3 is 2.70 bits per heavy atom. The third-order valence-electron chi connectivity index (χ3n) is 5.96. The van der Waals surface area contributed by atoms with E-state index in [1.165, 1.54) is 9.47 Å². The SMILES string of the molecule is CNc1cnc2c(c1)n([C@H]1CCCN(C(=O)Cc3cc(F)cc(C(F)(F)F)c3)C1)c(=O)n2C. The fourth-order valence-electron chi connectivity index (χ4n) is 4.32. The minimum atomic E-state index is -4.70. The first kappa shape index (κ1) is 22.8. The Hall–Kier alpha value is -3.37. The van der Waals surface area contributed by atoms with Crippen LogP contribution in [0.15, 0.2) is 35.3 Å². The molecule has 33 heavy (non-hydrogen) atoms. The van der Waals surface area contributed by atoms with Gasteiger partial charge in [-0.1, -0.05) is 0 Å². The molecule has 0 unspecified atom stereocenters. The standard InChI is InChI=1S/C22H23F4N5O2/c1-27-16-10-18-20(28-11-16)29(2)21(33)31(18)17-4-3-5-30(12-17)19(32)8-13-6-14(22(24,25)26)9-15(23)7-13/h6-7,9-11,17,27H,3-5,8,12H2,1-2H3/t17-/m0/s1. The van der Waals surface area contributed by atoms with E-state index in [4.69, 9.17) is 0 Å². The summed E-state index contributed by atoms with van der Waals surface area (Å²) in [6, 6.07) is 3.64. The monoisotopic (exact) mass is 465 g/mol. The van der Waals surface area contributed by atoms with Gasteiger partial charge in [0.1, 0.15) is 5.82 Å². The number of piperidine rings is 1. The molecule has 3 aromatic rings. The Balaban J connectivity index is 1.59. The van der Waals surface area contributed by atoms with Crippen LogP contribution in [0.25, 0.3) is 11.2 Å². The topological polar surface area (TPSA) is 72.2 Å². The molecule has 176 valence electrons. The number of benzene rings is 1. The first-order valence-corrected chi connectivity index (χ1v) is 10.5. The molecule has 0 spiro atoms. The molecule has 0 saturated carbocycles. The summed E-state index contributed by atoms with van der Waals surface area (Å²) < 4.78 is 55.8. The van der Waals surface area contributed by atoms with Gasteiger partial charge in [0, 0.05) is 27.2 Å². The number of rotatable bonds is 4. The second-order valence-electron chi connectivity index (χ2n) is 8.19. The normalized spacial score (nSPS) is 16.9. The van der Waals surface area contributed by atoms with Crippen LogP contribution in [0, 0.1) is 5.82 Å². The number of alkyl halides is 3. The number of fused-ring (bicyclic) bond motifs is 1. The summed E-state index contributed by atoms with van der Waals surface area (Å²) in [6.07, 6.45) is -2.16. The van der Waals surface area contributed by atoms with Crippen molar-refractivity contribution in [3.63, 3.8) is 0 Å². The van der Waals surface area contributed by atoms with E-state index in [1.807, 2.05) is 6.07 Å². The third-order valence-corrected chi connectivity index (χ3v) is 5.96. The molecule has 1 saturated heterocycles. The van der Waals surface area contributed by atoms with E-state index in [0.29, 0.717) is 36.6 Å². The predicted molar refractivity (Wildman–Crippen MR) is 114 cm³/mol. The van der Waals surface area contributed by atoms with Gasteiger partial charge in [-0.3, -0.25) is 13.9 Å². The maximum Gasteiger partial charge on any atom is 0.416 e. The number of carbonyl (C=O) groups is 1. The molecule has 1 fully saturated rings. The summed E-state index contributed by atoms with van der Waals surface area (Å²) in [5.41, 5.74) is 0.453. The lowest BCUT2D eigenvalue weighted by atomic mass is 10.0. The first-order valence-electron chi connectivity index (χ1n) is 10.5. The maximum atomic E-state index is 13.7. The van der Waals surface area contributed by atoms with Crippen LogP contribution in [-0.4, -0.2) is 45.1 Å². The second kappa shape index (κ2) is 8.53. The van der Waals surface area contributed by atoms with Gasteiger partial charge in [-0.05, 0) is 42.7 Å². The van der Waals surface area contributed by atoms with E-state index >= 15 is 0 Å². The Morgan fingerprint density at radius 1 is 1.24 bits per heavy atom. The number of likely N-dealkylation sites (tertiary alicyclic amines) is 1. The molecule has 1 amide bonds. The average molecular weight is 465 g/mol. The summed E-state index contributed by atoms with van der Waals surface area (Å²) in [5, 5.41) is 2.99. The van der Waals surface area contributed by atoms with Crippen molar-refractivity contribution in [2.75, 3.05) is 25.5 Å². The van der Waals surface area contributed by atoms with Crippen molar-refractivity contribution >= 4 is 22.8 Å². The zero-order chi connectivity index (χ0) is 23.9. The lowest BCUT2D eigenvalue weighted by Crippen LogP contribution is -2.43.